The highest BCUT2D eigenvalue weighted by Gasteiger charge is 2.28. The lowest BCUT2D eigenvalue weighted by atomic mass is 10.1. The summed E-state index contributed by atoms with van der Waals surface area (Å²) in [5.41, 5.74) is 6.27. The number of methoxy groups -OCH3 is 2. The third kappa shape index (κ3) is 4.11. The molecule has 0 atom stereocenters. The first kappa shape index (κ1) is 20.5. The number of hydrogen-bond donors (Lipinski definition) is 2. The number of benzene rings is 2. The predicted molar refractivity (Wildman–Crippen MR) is 108 cm³/mol. The molecule has 2 amide bonds. The predicted octanol–water partition coefficient (Wildman–Crippen LogP) is 1.59. The van der Waals surface area contributed by atoms with E-state index in [0.29, 0.717) is 30.2 Å². The number of carbonyl (C=O) groups excluding carboxylic acids is 2. The number of ether oxygens (including phenoxy) is 2. The van der Waals surface area contributed by atoms with E-state index in [2.05, 4.69) is 5.32 Å². The molecular weight excluding hydrogens is 398 g/mol. The molecule has 0 aliphatic carbocycles. The molecule has 0 saturated carbocycles. The maximum absolute atomic E-state index is 12.8. The second-order valence-electron chi connectivity index (χ2n) is 6.36. The van der Waals surface area contributed by atoms with E-state index >= 15 is 0 Å². The third-order valence-electron chi connectivity index (χ3n) is 4.53. The van der Waals surface area contributed by atoms with E-state index in [1.807, 2.05) is 0 Å². The molecule has 3 N–H and O–H groups in total. The van der Waals surface area contributed by atoms with E-state index in [1.165, 1.54) is 36.7 Å². The first-order valence-electron chi connectivity index (χ1n) is 8.74. The maximum Gasteiger partial charge on any atom is 0.255 e. The van der Waals surface area contributed by atoms with E-state index in [0.717, 1.165) is 0 Å². The topological polar surface area (TPSA) is 128 Å². The summed E-state index contributed by atoms with van der Waals surface area (Å²) in [6.07, 6.45) is 0.534. The van der Waals surface area contributed by atoms with Crippen molar-refractivity contribution in [3.63, 3.8) is 0 Å². The fraction of sp³-hybridized carbons (Fsp3) is 0.263. The number of nitrogens with zero attached hydrogens (tertiary/aromatic N) is 1. The van der Waals surface area contributed by atoms with Crippen LogP contribution in [0.3, 0.4) is 0 Å². The van der Waals surface area contributed by atoms with Gasteiger partial charge in [0.25, 0.3) is 11.8 Å². The number of rotatable bonds is 6. The number of nitrogens with two attached hydrogens (primary N) is 1. The number of amides is 2. The lowest BCUT2D eigenvalue weighted by Gasteiger charge is -2.18. The summed E-state index contributed by atoms with van der Waals surface area (Å²) in [4.78, 5) is 24.6. The Kier molecular flexibility index (Phi) is 5.64. The summed E-state index contributed by atoms with van der Waals surface area (Å²) in [7, 11) is -0.527. The Balaban J connectivity index is 1.93. The molecule has 1 aliphatic rings. The normalized spacial score (nSPS) is 15.0. The highest BCUT2D eigenvalue weighted by Crippen LogP contribution is 2.33. The third-order valence-corrected chi connectivity index (χ3v) is 6.40. The van der Waals surface area contributed by atoms with Gasteiger partial charge in [-0.25, -0.2) is 8.42 Å². The van der Waals surface area contributed by atoms with Gasteiger partial charge in [-0.3, -0.25) is 13.9 Å². The molecular formula is C19H21N3O6S. The van der Waals surface area contributed by atoms with Crippen molar-refractivity contribution in [2.24, 2.45) is 5.73 Å². The maximum atomic E-state index is 12.8. The Morgan fingerprint density at radius 1 is 1.10 bits per heavy atom. The molecule has 10 heteroatoms. The zero-order valence-electron chi connectivity index (χ0n) is 16.0. The van der Waals surface area contributed by atoms with Gasteiger partial charge in [-0.15, -0.1) is 0 Å². The highest BCUT2D eigenvalue weighted by molar-refractivity contribution is 7.93. The molecule has 2 aromatic carbocycles. The number of carbonyl (C=O) groups is 2. The standard InChI is InChI=1S/C19H21N3O6S/c1-27-16-10-14(18(20)23)15(11-17(16)28-2)21-19(24)12-5-3-6-13(9-12)22-7-4-8-29(22,25)26/h3,5-6,9-11H,4,7-8H2,1-2H3,(H2,20,23)(H,21,24). The van der Waals surface area contributed by atoms with Crippen LogP contribution >= 0.6 is 0 Å². The van der Waals surface area contributed by atoms with Gasteiger partial charge in [0.2, 0.25) is 10.0 Å². The summed E-state index contributed by atoms with van der Waals surface area (Å²) < 4.78 is 35.9. The Hall–Kier alpha value is -3.27. The molecule has 0 unspecified atom stereocenters. The van der Waals surface area contributed by atoms with E-state index in [-0.39, 0.29) is 22.6 Å². The van der Waals surface area contributed by atoms with Gasteiger partial charge in [-0.05, 0) is 30.7 Å². The lowest BCUT2D eigenvalue weighted by Crippen LogP contribution is -2.25. The molecule has 0 bridgehead atoms. The number of anilines is 2. The quantitative estimate of drug-likeness (QED) is 0.732. The van der Waals surface area contributed by atoms with Gasteiger partial charge < -0.3 is 20.5 Å². The minimum absolute atomic E-state index is 0.0503. The minimum atomic E-state index is -3.37. The van der Waals surface area contributed by atoms with Crippen molar-refractivity contribution in [1.29, 1.82) is 0 Å². The average molecular weight is 419 g/mol. The van der Waals surface area contributed by atoms with Gasteiger partial charge in [0.05, 0.1) is 36.9 Å². The summed E-state index contributed by atoms with van der Waals surface area (Å²) in [5.74, 6) is -0.599. The molecule has 1 heterocycles. The first-order chi connectivity index (χ1) is 13.8. The fourth-order valence-corrected chi connectivity index (χ4v) is 4.67. The van der Waals surface area contributed by atoms with Crippen LogP contribution in [0.25, 0.3) is 0 Å². The molecule has 1 aliphatic heterocycles. The zero-order valence-corrected chi connectivity index (χ0v) is 16.8. The monoisotopic (exact) mass is 419 g/mol. The van der Waals surface area contributed by atoms with Gasteiger partial charge in [0.15, 0.2) is 11.5 Å². The van der Waals surface area contributed by atoms with Crippen LogP contribution in [0.2, 0.25) is 0 Å². The van der Waals surface area contributed by atoms with Crippen molar-refractivity contribution in [3.8, 4) is 11.5 Å². The summed E-state index contributed by atoms with van der Waals surface area (Å²) >= 11 is 0. The van der Waals surface area contributed by atoms with Crippen LogP contribution in [-0.4, -0.2) is 46.7 Å². The van der Waals surface area contributed by atoms with Crippen LogP contribution in [0.5, 0.6) is 11.5 Å². The molecule has 0 spiro atoms. The van der Waals surface area contributed by atoms with Gasteiger partial charge in [-0.2, -0.15) is 0 Å². The van der Waals surface area contributed by atoms with Crippen LogP contribution in [0, 0.1) is 0 Å². The zero-order chi connectivity index (χ0) is 21.2. The molecule has 2 aromatic rings. The number of sulfonamides is 1. The van der Waals surface area contributed by atoms with Crippen LogP contribution < -0.4 is 24.8 Å². The van der Waals surface area contributed by atoms with Crippen LogP contribution in [0.1, 0.15) is 27.1 Å². The van der Waals surface area contributed by atoms with Gasteiger partial charge in [0.1, 0.15) is 0 Å². The summed E-state index contributed by atoms with van der Waals surface area (Å²) in [6.45, 7) is 0.370. The van der Waals surface area contributed by atoms with Gasteiger partial charge in [-0.1, -0.05) is 6.07 Å². The number of nitrogens with one attached hydrogen (secondary N) is 1. The minimum Gasteiger partial charge on any atom is -0.493 e. The van der Waals surface area contributed by atoms with Crippen LogP contribution in [0.15, 0.2) is 36.4 Å². The lowest BCUT2D eigenvalue weighted by molar-refractivity contribution is 0.100. The van der Waals surface area contributed by atoms with E-state index in [9.17, 15) is 18.0 Å². The Morgan fingerprint density at radius 2 is 1.79 bits per heavy atom. The smallest absolute Gasteiger partial charge is 0.255 e. The largest absolute Gasteiger partial charge is 0.493 e. The SMILES string of the molecule is COc1cc(NC(=O)c2cccc(N3CCCS3(=O)=O)c2)c(C(N)=O)cc1OC. The van der Waals surface area contributed by atoms with E-state index in [1.54, 1.807) is 18.2 Å². The molecule has 0 aromatic heterocycles. The second-order valence-corrected chi connectivity index (χ2v) is 8.38. The van der Waals surface area contributed by atoms with Crippen molar-refractivity contribution in [3.05, 3.63) is 47.5 Å². The molecule has 0 radical (unpaired) electrons. The van der Waals surface area contributed by atoms with Crippen molar-refractivity contribution >= 4 is 33.2 Å². The van der Waals surface area contributed by atoms with Gasteiger partial charge in [0, 0.05) is 18.2 Å². The Bertz CT molecular complexity index is 1070. The summed E-state index contributed by atoms with van der Waals surface area (Å²) in [5, 5.41) is 2.63. The van der Waals surface area contributed by atoms with Crippen molar-refractivity contribution in [2.45, 2.75) is 6.42 Å². The molecule has 3 rings (SSSR count). The Morgan fingerprint density at radius 3 is 2.38 bits per heavy atom. The molecule has 1 fully saturated rings. The number of primary amides is 1. The van der Waals surface area contributed by atoms with Crippen LogP contribution in [0.4, 0.5) is 11.4 Å². The van der Waals surface area contributed by atoms with Crippen molar-refractivity contribution < 1.29 is 27.5 Å². The summed E-state index contributed by atoms with van der Waals surface area (Å²) in [6, 6.07) is 9.08. The molecule has 29 heavy (non-hydrogen) atoms. The number of hydrogen-bond acceptors (Lipinski definition) is 6. The molecule has 1 saturated heterocycles. The fourth-order valence-electron chi connectivity index (χ4n) is 3.11. The average Bonchev–Trinajstić information content (AvgIpc) is 3.06. The van der Waals surface area contributed by atoms with Crippen LogP contribution in [-0.2, 0) is 10.0 Å². The van der Waals surface area contributed by atoms with Crippen molar-refractivity contribution in [2.75, 3.05) is 36.1 Å². The van der Waals surface area contributed by atoms with Crippen molar-refractivity contribution in [1.82, 2.24) is 0 Å². The highest BCUT2D eigenvalue weighted by atomic mass is 32.2. The Labute approximate surface area is 168 Å². The molecule has 9 nitrogen and oxygen atoms in total. The molecule has 154 valence electrons. The van der Waals surface area contributed by atoms with E-state index in [4.69, 9.17) is 15.2 Å². The second kappa shape index (κ2) is 8.00. The van der Waals surface area contributed by atoms with E-state index < -0.39 is 21.8 Å². The first-order valence-corrected chi connectivity index (χ1v) is 10.4. The van der Waals surface area contributed by atoms with Gasteiger partial charge >= 0.3 is 0 Å².